The number of nitrogens with zero attached hydrogens (tertiary/aromatic N) is 4. The molecule has 8 heteroatoms. The van der Waals surface area contributed by atoms with Gasteiger partial charge in [-0.3, -0.25) is 19.0 Å². The van der Waals surface area contributed by atoms with Crippen molar-refractivity contribution in [2.75, 3.05) is 0 Å². The van der Waals surface area contributed by atoms with Gasteiger partial charge in [-0.25, -0.2) is 4.68 Å². The van der Waals surface area contributed by atoms with Crippen LogP contribution in [0.15, 0.2) is 47.8 Å². The Hall–Kier alpha value is -3.00. The summed E-state index contributed by atoms with van der Waals surface area (Å²) in [6.45, 7) is 2.35. The van der Waals surface area contributed by atoms with Crippen molar-refractivity contribution < 1.29 is 4.79 Å². The molecule has 4 rings (SSSR count). The molecule has 26 heavy (non-hydrogen) atoms. The topological polar surface area (TPSA) is 81.3 Å². The van der Waals surface area contributed by atoms with Gasteiger partial charge in [0, 0.05) is 23.8 Å². The molecule has 1 N–H and O–H groups in total. The van der Waals surface area contributed by atoms with Crippen molar-refractivity contribution in [3.63, 3.8) is 0 Å². The van der Waals surface area contributed by atoms with Crippen molar-refractivity contribution in [2.24, 2.45) is 0 Å². The zero-order valence-corrected chi connectivity index (χ0v) is 15.0. The lowest BCUT2D eigenvalue weighted by Gasteiger charge is -2.07. The van der Waals surface area contributed by atoms with Gasteiger partial charge in [-0.15, -0.1) is 11.3 Å². The quantitative estimate of drug-likeness (QED) is 0.585. The molecule has 4 heterocycles. The predicted octanol–water partition coefficient (Wildman–Crippen LogP) is 1.98. The monoisotopic (exact) mass is 367 g/mol. The lowest BCUT2D eigenvalue weighted by molar-refractivity contribution is -0.122. The van der Waals surface area contributed by atoms with E-state index in [0.717, 1.165) is 22.2 Å². The van der Waals surface area contributed by atoms with E-state index in [1.165, 1.54) is 9.56 Å². The van der Waals surface area contributed by atoms with E-state index in [-0.39, 0.29) is 18.0 Å². The summed E-state index contributed by atoms with van der Waals surface area (Å²) in [5.74, 6) is -0.269. The number of hydrogen-bond donors (Lipinski definition) is 1. The van der Waals surface area contributed by atoms with Crippen LogP contribution >= 0.6 is 11.3 Å². The second-order valence-electron chi connectivity index (χ2n) is 5.95. The Bertz CT molecular complexity index is 1140. The van der Waals surface area contributed by atoms with Gasteiger partial charge in [0.05, 0.1) is 10.2 Å². The number of rotatable bonds is 5. The highest BCUT2D eigenvalue weighted by Crippen LogP contribution is 2.27. The zero-order chi connectivity index (χ0) is 18.1. The Morgan fingerprint density at radius 3 is 2.96 bits per heavy atom. The largest absolute Gasteiger partial charge is 0.350 e. The molecule has 0 spiro atoms. The summed E-state index contributed by atoms with van der Waals surface area (Å²) in [5.41, 5.74) is 2.14. The summed E-state index contributed by atoms with van der Waals surface area (Å²) in [6, 6.07) is 7.64. The molecule has 0 unspecified atom stereocenters. The second kappa shape index (κ2) is 6.72. The van der Waals surface area contributed by atoms with Crippen LogP contribution in [0.4, 0.5) is 0 Å². The molecular weight excluding hydrogens is 350 g/mol. The first-order chi connectivity index (χ1) is 12.7. The molecule has 0 saturated heterocycles. The van der Waals surface area contributed by atoms with Crippen LogP contribution in [0.3, 0.4) is 0 Å². The summed E-state index contributed by atoms with van der Waals surface area (Å²) < 4.78 is 4.04. The molecule has 0 saturated carbocycles. The lowest BCUT2D eigenvalue weighted by atomic mass is 10.3. The zero-order valence-electron chi connectivity index (χ0n) is 14.2. The Balaban J connectivity index is 1.55. The average Bonchev–Trinajstić information content (AvgIpc) is 3.21. The fraction of sp³-hybridized carbons (Fsp3) is 0.222. The normalized spacial score (nSPS) is 11.3. The molecule has 0 atom stereocenters. The molecule has 0 aliphatic rings. The minimum absolute atomic E-state index is 0.116. The maximum absolute atomic E-state index is 12.7. The van der Waals surface area contributed by atoms with Crippen molar-refractivity contribution in [3.05, 3.63) is 63.8 Å². The number of aromatic nitrogens is 4. The molecule has 1 amide bonds. The maximum Gasteiger partial charge on any atom is 0.291 e. The first kappa shape index (κ1) is 16.5. The Morgan fingerprint density at radius 2 is 2.19 bits per heavy atom. The van der Waals surface area contributed by atoms with E-state index in [1.807, 2.05) is 18.2 Å². The summed E-state index contributed by atoms with van der Waals surface area (Å²) in [4.78, 5) is 30.1. The number of carbonyl (C=O) groups excluding carboxylic acids is 1. The van der Waals surface area contributed by atoms with E-state index in [1.54, 1.807) is 34.5 Å². The van der Waals surface area contributed by atoms with Gasteiger partial charge < -0.3 is 5.32 Å². The highest BCUT2D eigenvalue weighted by Gasteiger charge is 2.13. The number of pyridine rings is 1. The van der Waals surface area contributed by atoms with Crippen molar-refractivity contribution in [1.82, 2.24) is 24.5 Å². The number of fused-ring (bicyclic) bond motifs is 3. The predicted molar refractivity (Wildman–Crippen MR) is 100 cm³/mol. The van der Waals surface area contributed by atoms with Gasteiger partial charge in [0.15, 0.2) is 0 Å². The van der Waals surface area contributed by atoms with Gasteiger partial charge in [0.25, 0.3) is 5.56 Å². The van der Waals surface area contributed by atoms with Gasteiger partial charge in [0.1, 0.15) is 18.4 Å². The van der Waals surface area contributed by atoms with Gasteiger partial charge in [0.2, 0.25) is 5.91 Å². The second-order valence-corrected chi connectivity index (χ2v) is 7.12. The molecule has 0 fully saturated rings. The average molecular weight is 367 g/mol. The third-order valence-electron chi connectivity index (χ3n) is 4.19. The van der Waals surface area contributed by atoms with Crippen LogP contribution in [0.1, 0.15) is 17.4 Å². The van der Waals surface area contributed by atoms with Crippen LogP contribution in [-0.4, -0.2) is 25.1 Å². The van der Waals surface area contributed by atoms with E-state index in [9.17, 15) is 9.59 Å². The summed E-state index contributed by atoms with van der Waals surface area (Å²) in [6.07, 6.45) is 5.92. The summed E-state index contributed by atoms with van der Waals surface area (Å²) >= 11 is 1.68. The van der Waals surface area contributed by atoms with E-state index >= 15 is 0 Å². The molecular formula is C18H17N5O2S. The molecule has 0 bridgehead atoms. The third kappa shape index (κ3) is 2.99. The van der Waals surface area contributed by atoms with Crippen LogP contribution < -0.4 is 10.9 Å². The smallest absolute Gasteiger partial charge is 0.291 e. The van der Waals surface area contributed by atoms with Crippen LogP contribution in [0.5, 0.6) is 0 Å². The number of hydrogen-bond acceptors (Lipinski definition) is 5. The number of thiophene rings is 1. The molecule has 132 valence electrons. The molecule has 0 aliphatic heterocycles. The number of carbonyl (C=O) groups is 1. The molecule has 4 aromatic rings. The van der Waals surface area contributed by atoms with Gasteiger partial charge in [-0.05, 0) is 30.2 Å². The molecule has 0 aliphatic carbocycles. The standard InChI is InChI=1S/C18H17N5O2S/c1-2-13-6-14-16(26-13)7-15-18(25)23(21-11-22(14)15)10-17(24)20-9-12-4-3-5-19-8-12/h3-8,11H,2,9-10H2,1H3,(H,20,24). The lowest BCUT2D eigenvalue weighted by Crippen LogP contribution is -2.33. The van der Waals surface area contributed by atoms with Crippen molar-refractivity contribution in [2.45, 2.75) is 26.4 Å². The van der Waals surface area contributed by atoms with E-state index in [2.05, 4.69) is 28.4 Å². The van der Waals surface area contributed by atoms with Crippen LogP contribution in [0.2, 0.25) is 0 Å². The fourth-order valence-electron chi connectivity index (χ4n) is 2.83. The van der Waals surface area contributed by atoms with Crippen molar-refractivity contribution >= 4 is 33.0 Å². The van der Waals surface area contributed by atoms with Gasteiger partial charge in [-0.2, -0.15) is 5.10 Å². The fourth-order valence-corrected chi connectivity index (χ4v) is 3.86. The minimum atomic E-state index is -0.273. The summed E-state index contributed by atoms with van der Waals surface area (Å²) in [5, 5.41) is 6.93. The Kier molecular flexibility index (Phi) is 4.26. The maximum atomic E-state index is 12.7. The first-order valence-corrected chi connectivity index (χ1v) is 9.12. The molecule has 0 aromatic carbocycles. The number of aryl methyl sites for hydroxylation is 1. The van der Waals surface area contributed by atoms with Crippen LogP contribution in [0.25, 0.3) is 15.7 Å². The Labute approximate surface area is 152 Å². The highest BCUT2D eigenvalue weighted by atomic mass is 32.1. The number of nitrogens with one attached hydrogen (secondary N) is 1. The first-order valence-electron chi connectivity index (χ1n) is 8.31. The van der Waals surface area contributed by atoms with Crippen LogP contribution in [0, 0.1) is 0 Å². The van der Waals surface area contributed by atoms with E-state index < -0.39 is 0 Å². The van der Waals surface area contributed by atoms with Gasteiger partial charge in [-0.1, -0.05) is 13.0 Å². The van der Waals surface area contributed by atoms with Gasteiger partial charge >= 0.3 is 0 Å². The van der Waals surface area contributed by atoms with Crippen LogP contribution in [-0.2, 0) is 24.3 Å². The van der Waals surface area contributed by atoms with E-state index in [4.69, 9.17) is 0 Å². The number of amides is 1. The summed E-state index contributed by atoms with van der Waals surface area (Å²) in [7, 11) is 0. The molecule has 4 aromatic heterocycles. The molecule has 7 nitrogen and oxygen atoms in total. The SMILES string of the molecule is CCc1cc2c(cc3c(=O)n(CC(=O)NCc4cccnc4)ncn32)s1. The third-order valence-corrected chi connectivity index (χ3v) is 5.41. The van der Waals surface area contributed by atoms with E-state index in [0.29, 0.717) is 12.1 Å². The minimum Gasteiger partial charge on any atom is -0.350 e. The Morgan fingerprint density at radius 1 is 1.31 bits per heavy atom. The van der Waals surface area contributed by atoms with Crippen molar-refractivity contribution in [1.29, 1.82) is 0 Å². The highest BCUT2D eigenvalue weighted by molar-refractivity contribution is 7.19. The molecule has 0 radical (unpaired) electrons. The van der Waals surface area contributed by atoms with Crippen molar-refractivity contribution in [3.8, 4) is 0 Å².